The average molecular weight is 422 g/mol. The zero-order chi connectivity index (χ0) is 20.7. The van der Waals surface area contributed by atoms with E-state index < -0.39 is 27.7 Å². The Kier molecular flexibility index (Phi) is 7.61. The molecule has 0 aliphatic carbocycles. The smallest absolute Gasteiger partial charge is 0.253 e. The molecule has 2 N–H and O–H groups in total. The lowest BCUT2D eigenvalue weighted by molar-refractivity contribution is -0.128. The number of aryl methyl sites for hydroxylation is 1. The highest BCUT2D eigenvalue weighted by Crippen LogP contribution is 2.22. The highest BCUT2D eigenvalue weighted by molar-refractivity contribution is 8.00. The first-order valence-corrected chi connectivity index (χ1v) is 10.9. The van der Waals surface area contributed by atoms with Crippen molar-refractivity contribution in [2.75, 3.05) is 13.6 Å². The van der Waals surface area contributed by atoms with E-state index in [0.29, 0.717) is 0 Å². The van der Waals surface area contributed by atoms with Gasteiger partial charge in [-0.3, -0.25) is 20.4 Å². The molecule has 0 saturated heterocycles. The quantitative estimate of drug-likeness (QED) is 0.526. The monoisotopic (exact) mass is 421 g/mol. The molecule has 0 saturated carbocycles. The molecule has 0 bridgehead atoms. The van der Waals surface area contributed by atoms with E-state index in [0.717, 1.165) is 14.8 Å². The summed E-state index contributed by atoms with van der Waals surface area (Å²) < 4.78 is 25.9. The molecule has 1 atom stereocenters. The number of hydrazine groups is 1. The van der Waals surface area contributed by atoms with Crippen LogP contribution in [0.3, 0.4) is 0 Å². The Labute approximate surface area is 169 Å². The van der Waals surface area contributed by atoms with Crippen molar-refractivity contribution in [2.45, 2.75) is 28.9 Å². The number of carbonyl (C=O) groups is 2. The van der Waals surface area contributed by atoms with Crippen LogP contribution in [0.15, 0.2) is 64.4 Å². The highest BCUT2D eigenvalue weighted by Gasteiger charge is 2.23. The predicted molar refractivity (Wildman–Crippen MR) is 109 cm³/mol. The topological polar surface area (TPSA) is 95.6 Å². The molecule has 0 aromatic heterocycles. The number of thioether (sulfide) groups is 1. The number of sulfonamides is 1. The SMILES string of the molecule is Cc1ccc(S(=O)(=O)N(C)CC(=O)NNC(=O)[C@@H](C)Sc2ccccc2)cc1. The molecule has 0 aliphatic rings. The van der Waals surface area contributed by atoms with E-state index >= 15 is 0 Å². The van der Waals surface area contributed by atoms with E-state index in [9.17, 15) is 18.0 Å². The minimum absolute atomic E-state index is 0.102. The number of benzene rings is 2. The summed E-state index contributed by atoms with van der Waals surface area (Å²) in [6, 6.07) is 15.8. The highest BCUT2D eigenvalue weighted by atomic mass is 32.2. The van der Waals surface area contributed by atoms with Gasteiger partial charge in [0.25, 0.3) is 11.8 Å². The van der Waals surface area contributed by atoms with Crippen molar-refractivity contribution in [3.05, 3.63) is 60.2 Å². The van der Waals surface area contributed by atoms with Crippen molar-refractivity contribution in [3.63, 3.8) is 0 Å². The molecule has 2 amide bonds. The van der Waals surface area contributed by atoms with Crippen LogP contribution >= 0.6 is 11.8 Å². The molecule has 0 radical (unpaired) electrons. The zero-order valence-electron chi connectivity index (χ0n) is 15.9. The molecule has 9 heteroatoms. The number of hydrogen-bond donors (Lipinski definition) is 2. The lowest BCUT2D eigenvalue weighted by Gasteiger charge is -2.18. The number of nitrogens with zero attached hydrogens (tertiary/aromatic N) is 1. The van der Waals surface area contributed by atoms with Crippen LogP contribution in [-0.2, 0) is 19.6 Å². The minimum Gasteiger partial charge on any atom is -0.272 e. The minimum atomic E-state index is -3.79. The van der Waals surface area contributed by atoms with E-state index in [1.165, 1.54) is 30.9 Å². The van der Waals surface area contributed by atoms with Crippen molar-refractivity contribution in [2.24, 2.45) is 0 Å². The zero-order valence-corrected chi connectivity index (χ0v) is 17.5. The van der Waals surface area contributed by atoms with Gasteiger partial charge < -0.3 is 0 Å². The molecule has 2 aromatic carbocycles. The number of rotatable bonds is 7. The molecular formula is C19H23N3O4S2. The summed E-state index contributed by atoms with van der Waals surface area (Å²) in [5, 5.41) is -0.434. The van der Waals surface area contributed by atoms with Gasteiger partial charge in [0.15, 0.2) is 0 Å². The van der Waals surface area contributed by atoms with Gasteiger partial charge in [-0.15, -0.1) is 11.8 Å². The third-order valence-corrected chi connectivity index (χ3v) is 6.78. The van der Waals surface area contributed by atoms with Gasteiger partial charge in [-0.25, -0.2) is 8.42 Å². The van der Waals surface area contributed by atoms with Gasteiger partial charge in [0, 0.05) is 11.9 Å². The number of amides is 2. The second-order valence-corrected chi connectivity index (χ2v) is 9.64. The number of carbonyl (C=O) groups excluding carboxylic acids is 2. The summed E-state index contributed by atoms with van der Waals surface area (Å²) in [7, 11) is -2.48. The molecule has 0 heterocycles. The molecule has 0 unspecified atom stereocenters. The van der Waals surface area contributed by atoms with Crippen LogP contribution in [-0.4, -0.2) is 43.4 Å². The van der Waals surface area contributed by atoms with Crippen LogP contribution in [0, 0.1) is 6.92 Å². The van der Waals surface area contributed by atoms with E-state index in [1.807, 2.05) is 37.3 Å². The number of likely N-dealkylation sites (N-methyl/N-ethyl adjacent to an activating group) is 1. The van der Waals surface area contributed by atoms with E-state index in [1.54, 1.807) is 19.1 Å². The molecule has 2 aromatic rings. The molecule has 0 fully saturated rings. The fraction of sp³-hybridized carbons (Fsp3) is 0.263. The van der Waals surface area contributed by atoms with Gasteiger partial charge in [0.1, 0.15) is 0 Å². The van der Waals surface area contributed by atoms with Crippen LogP contribution in [0.5, 0.6) is 0 Å². The number of hydrogen-bond acceptors (Lipinski definition) is 5. The van der Waals surface area contributed by atoms with Crippen LogP contribution in [0.25, 0.3) is 0 Å². The summed E-state index contributed by atoms with van der Waals surface area (Å²) in [6.45, 7) is 3.15. The first-order valence-electron chi connectivity index (χ1n) is 8.53. The molecule has 0 aliphatic heterocycles. The van der Waals surface area contributed by atoms with Gasteiger partial charge in [0.05, 0.1) is 16.7 Å². The van der Waals surface area contributed by atoms with E-state index in [-0.39, 0.29) is 10.8 Å². The first-order chi connectivity index (χ1) is 13.2. The molecule has 2 rings (SSSR count). The lowest BCUT2D eigenvalue weighted by atomic mass is 10.2. The fourth-order valence-corrected chi connectivity index (χ4v) is 4.22. The maximum atomic E-state index is 12.5. The maximum absolute atomic E-state index is 12.5. The molecule has 0 spiro atoms. The van der Waals surface area contributed by atoms with Crippen molar-refractivity contribution in [3.8, 4) is 0 Å². The van der Waals surface area contributed by atoms with Crippen molar-refractivity contribution in [1.82, 2.24) is 15.2 Å². The summed E-state index contributed by atoms with van der Waals surface area (Å²) in [5.41, 5.74) is 5.52. The second kappa shape index (κ2) is 9.72. The average Bonchev–Trinajstić information content (AvgIpc) is 2.67. The van der Waals surface area contributed by atoms with Crippen molar-refractivity contribution in [1.29, 1.82) is 0 Å². The summed E-state index contributed by atoms with van der Waals surface area (Å²) in [5.74, 6) is -1.02. The van der Waals surface area contributed by atoms with Crippen molar-refractivity contribution < 1.29 is 18.0 Å². The summed E-state index contributed by atoms with van der Waals surface area (Å²) >= 11 is 1.35. The largest absolute Gasteiger partial charge is 0.272 e. The maximum Gasteiger partial charge on any atom is 0.253 e. The Morgan fingerprint density at radius 2 is 1.64 bits per heavy atom. The Bertz CT molecular complexity index is 916. The van der Waals surface area contributed by atoms with Crippen LogP contribution in [0.4, 0.5) is 0 Å². The molecular weight excluding hydrogens is 398 g/mol. The third-order valence-electron chi connectivity index (χ3n) is 3.85. The van der Waals surface area contributed by atoms with Gasteiger partial charge in [-0.05, 0) is 38.1 Å². The van der Waals surface area contributed by atoms with E-state index in [2.05, 4.69) is 10.9 Å². The van der Waals surface area contributed by atoms with Gasteiger partial charge >= 0.3 is 0 Å². The normalized spacial score (nSPS) is 12.4. The fourth-order valence-electron chi connectivity index (χ4n) is 2.21. The molecule has 28 heavy (non-hydrogen) atoms. The molecule has 150 valence electrons. The van der Waals surface area contributed by atoms with E-state index in [4.69, 9.17) is 0 Å². The Morgan fingerprint density at radius 1 is 1.04 bits per heavy atom. The standard InChI is InChI=1S/C19H23N3O4S2/c1-14-9-11-17(12-10-14)28(25,26)22(3)13-18(23)20-21-19(24)15(2)27-16-7-5-4-6-8-16/h4-12,15H,13H2,1-3H3,(H,20,23)(H,21,24)/t15-/m1/s1. The van der Waals surface area contributed by atoms with Gasteiger partial charge in [-0.2, -0.15) is 4.31 Å². The summed E-state index contributed by atoms with van der Waals surface area (Å²) in [4.78, 5) is 25.2. The van der Waals surface area contributed by atoms with Crippen LogP contribution in [0.1, 0.15) is 12.5 Å². The molecule has 7 nitrogen and oxygen atoms in total. The first kappa shape index (κ1) is 21.9. The summed E-state index contributed by atoms with van der Waals surface area (Å²) in [6.07, 6.45) is 0. The van der Waals surface area contributed by atoms with Gasteiger partial charge in [-0.1, -0.05) is 35.9 Å². The number of nitrogens with one attached hydrogen (secondary N) is 2. The lowest BCUT2D eigenvalue weighted by Crippen LogP contribution is -2.48. The van der Waals surface area contributed by atoms with Gasteiger partial charge in [0.2, 0.25) is 10.0 Å². The Balaban J connectivity index is 1.85. The Hall–Kier alpha value is -2.36. The van der Waals surface area contributed by atoms with Crippen LogP contribution < -0.4 is 10.9 Å². The third kappa shape index (κ3) is 6.08. The second-order valence-electron chi connectivity index (χ2n) is 6.18. The predicted octanol–water partition coefficient (Wildman–Crippen LogP) is 1.94. The van der Waals surface area contributed by atoms with Crippen LogP contribution in [0.2, 0.25) is 0 Å². The Morgan fingerprint density at radius 3 is 2.25 bits per heavy atom. The van der Waals surface area contributed by atoms with Crippen molar-refractivity contribution >= 4 is 33.6 Å².